The van der Waals surface area contributed by atoms with Gasteiger partial charge in [0.25, 0.3) is 11.8 Å². The summed E-state index contributed by atoms with van der Waals surface area (Å²) in [6.07, 6.45) is 0.664. The fraction of sp³-hybridized carbons (Fsp3) is 0.308. The van der Waals surface area contributed by atoms with Crippen LogP contribution in [0.5, 0.6) is 0 Å². The van der Waals surface area contributed by atoms with Crippen molar-refractivity contribution in [3.05, 3.63) is 34.9 Å². The van der Waals surface area contributed by atoms with Crippen molar-refractivity contribution in [1.29, 1.82) is 0 Å². The van der Waals surface area contributed by atoms with E-state index < -0.39 is 11.9 Å². The van der Waals surface area contributed by atoms with Gasteiger partial charge in [0.15, 0.2) is 0 Å². The lowest BCUT2D eigenvalue weighted by atomic mass is 10.1. The first-order valence-electron chi connectivity index (χ1n) is 5.72. The summed E-state index contributed by atoms with van der Waals surface area (Å²) >= 11 is 0. The van der Waals surface area contributed by atoms with Crippen LogP contribution in [0.4, 0.5) is 0 Å². The van der Waals surface area contributed by atoms with E-state index in [0.717, 1.165) is 0 Å². The van der Waals surface area contributed by atoms with Gasteiger partial charge in [0.2, 0.25) is 0 Å². The molecule has 0 fully saturated rings. The standard InChI is InChI=1S/C13H13NO4/c1-3-7(2)14-11(15)9-5-4-8(13(17)18)6-10(9)12(14)16/h4-7H,3H2,1-2H3,(H,17,18). The van der Waals surface area contributed by atoms with Gasteiger partial charge in [-0.2, -0.15) is 0 Å². The zero-order valence-electron chi connectivity index (χ0n) is 10.1. The number of aromatic carboxylic acids is 1. The monoisotopic (exact) mass is 247 g/mol. The highest BCUT2D eigenvalue weighted by Crippen LogP contribution is 2.26. The molecule has 5 heteroatoms. The first kappa shape index (κ1) is 12.3. The summed E-state index contributed by atoms with van der Waals surface area (Å²) in [4.78, 5) is 36.2. The smallest absolute Gasteiger partial charge is 0.335 e. The van der Waals surface area contributed by atoms with Gasteiger partial charge in [0.1, 0.15) is 0 Å². The molecule has 18 heavy (non-hydrogen) atoms. The Balaban J connectivity index is 2.49. The van der Waals surface area contributed by atoms with E-state index in [1.807, 2.05) is 6.92 Å². The van der Waals surface area contributed by atoms with Gasteiger partial charge >= 0.3 is 5.97 Å². The number of carboxylic acid groups (broad SMARTS) is 1. The molecular formula is C13H13NO4. The zero-order valence-corrected chi connectivity index (χ0v) is 10.1. The lowest BCUT2D eigenvalue weighted by Crippen LogP contribution is -2.37. The van der Waals surface area contributed by atoms with E-state index in [1.54, 1.807) is 6.92 Å². The van der Waals surface area contributed by atoms with Gasteiger partial charge in [-0.3, -0.25) is 14.5 Å². The number of carbonyl (C=O) groups excluding carboxylic acids is 2. The summed E-state index contributed by atoms with van der Waals surface area (Å²) in [5, 5.41) is 8.88. The second-order valence-corrected chi connectivity index (χ2v) is 4.30. The summed E-state index contributed by atoms with van der Waals surface area (Å²) < 4.78 is 0. The largest absolute Gasteiger partial charge is 0.478 e. The number of hydrogen-bond acceptors (Lipinski definition) is 3. The third-order valence-corrected chi connectivity index (χ3v) is 3.20. The van der Waals surface area contributed by atoms with Gasteiger partial charge in [-0.1, -0.05) is 6.92 Å². The average Bonchev–Trinajstić information content (AvgIpc) is 2.61. The number of hydrogen-bond donors (Lipinski definition) is 1. The molecule has 0 aromatic heterocycles. The molecule has 1 unspecified atom stereocenters. The van der Waals surface area contributed by atoms with E-state index in [1.165, 1.54) is 23.1 Å². The molecule has 0 aliphatic carbocycles. The van der Waals surface area contributed by atoms with E-state index >= 15 is 0 Å². The predicted octanol–water partition coefficient (Wildman–Crippen LogP) is 1.78. The van der Waals surface area contributed by atoms with Crippen molar-refractivity contribution >= 4 is 17.8 Å². The molecule has 5 nitrogen and oxygen atoms in total. The summed E-state index contributed by atoms with van der Waals surface area (Å²) in [7, 11) is 0. The third-order valence-electron chi connectivity index (χ3n) is 3.20. The second-order valence-electron chi connectivity index (χ2n) is 4.30. The Morgan fingerprint density at radius 1 is 1.28 bits per heavy atom. The molecule has 0 radical (unpaired) electrons. The number of rotatable bonds is 3. The van der Waals surface area contributed by atoms with E-state index in [0.29, 0.717) is 6.42 Å². The van der Waals surface area contributed by atoms with Crippen molar-refractivity contribution in [2.75, 3.05) is 0 Å². The van der Waals surface area contributed by atoms with Gasteiger partial charge in [-0.15, -0.1) is 0 Å². The highest BCUT2D eigenvalue weighted by atomic mass is 16.4. The number of fused-ring (bicyclic) bond motifs is 1. The fourth-order valence-corrected chi connectivity index (χ4v) is 1.98. The first-order chi connectivity index (χ1) is 8.47. The van der Waals surface area contributed by atoms with Crippen LogP contribution in [0.3, 0.4) is 0 Å². The Bertz CT molecular complexity index is 550. The Morgan fingerprint density at radius 2 is 1.89 bits per heavy atom. The van der Waals surface area contributed by atoms with Crippen molar-refractivity contribution in [2.24, 2.45) is 0 Å². The SMILES string of the molecule is CCC(C)N1C(=O)c2ccc(C(=O)O)cc2C1=O. The van der Waals surface area contributed by atoms with E-state index in [-0.39, 0.29) is 28.6 Å². The van der Waals surface area contributed by atoms with Crippen LogP contribution in [0.15, 0.2) is 18.2 Å². The summed E-state index contributed by atoms with van der Waals surface area (Å²) in [5.74, 6) is -1.87. The van der Waals surface area contributed by atoms with Gasteiger partial charge in [-0.05, 0) is 31.5 Å². The molecule has 1 heterocycles. The average molecular weight is 247 g/mol. The van der Waals surface area contributed by atoms with Crippen LogP contribution in [-0.4, -0.2) is 33.8 Å². The minimum Gasteiger partial charge on any atom is -0.478 e. The number of nitrogens with zero attached hydrogens (tertiary/aromatic N) is 1. The molecule has 94 valence electrons. The Labute approximate surface area is 104 Å². The number of benzene rings is 1. The lowest BCUT2D eigenvalue weighted by molar-refractivity contribution is 0.0592. The summed E-state index contributed by atoms with van der Waals surface area (Å²) in [6, 6.07) is 3.82. The molecule has 1 atom stereocenters. The molecule has 0 spiro atoms. The second kappa shape index (κ2) is 4.25. The summed E-state index contributed by atoms with van der Waals surface area (Å²) in [5.41, 5.74) is 0.478. The lowest BCUT2D eigenvalue weighted by Gasteiger charge is -2.20. The normalized spacial score (nSPS) is 15.8. The van der Waals surface area contributed by atoms with Crippen LogP contribution in [0.1, 0.15) is 51.3 Å². The maximum Gasteiger partial charge on any atom is 0.335 e. The van der Waals surface area contributed by atoms with Crippen LogP contribution in [-0.2, 0) is 0 Å². The minimum atomic E-state index is -1.11. The van der Waals surface area contributed by atoms with Crippen LogP contribution in [0.2, 0.25) is 0 Å². The quantitative estimate of drug-likeness (QED) is 0.826. The molecule has 0 saturated heterocycles. The highest BCUT2D eigenvalue weighted by molar-refractivity contribution is 6.22. The van der Waals surface area contributed by atoms with Crippen LogP contribution in [0.25, 0.3) is 0 Å². The number of carbonyl (C=O) groups is 3. The van der Waals surface area contributed by atoms with Gasteiger partial charge in [-0.25, -0.2) is 4.79 Å². The van der Waals surface area contributed by atoms with Crippen LogP contribution < -0.4 is 0 Å². The maximum atomic E-state index is 12.1. The number of imide groups is 1. The molecule has 1 aliphatic rings. The van der Waals surface area contributed by atoms with Gasteiger partial charge in [0, 0.05) is 6.04 Å². The Kier molecular flexibility index (Phi) is 2.90. The van der Waals surface area contributed by atoms with Gasteiger partial charge in [0.05, 0.1) is 16.7 Å². The molecule has 0 bridgehead atoms. The number of carboxylic acids is 1. The van der Waals surface area contributed by atoms with Crippen molar-refractivity contribution < 1.29 is 19.5 Å². The molecule has 1 N–H and O–H groups in total. The van der Waals surface area contributed by atoms with Crippen LogP contribution >= 0.6 is 0 Å². The highest BCUT2D eigenvalue weighted by Gasteiger charge is 2.38. The molecule has 2 amide bonds. The zero-order chi connectivity index (χ0) is 13.4. The van der Waals surface area contributed by atoms with Crippen molar-refractivity contribution in [3.8, 4) is 0 Å². The van der Waals surface area contributed by atoms with Crippen molar-refractivity contribution in [3.63, 3.8) is 0 Å². The van der Waals surface area contributed by atoms with E-state index in [4.69, 9.17) is 5.11 Å². The van der Waals surface area contributed by atoms with Crippen molar-refractivity contribution in [2.45, 2.75) is 26.3 Å². The third kappa shape index (κ3) is 1.68. The maximum absolute atomic E-state index is 12.1. The first-order valence-corrected chi connectivity index (χ1v) is 5.72. The minimum absolute atomic E-state index is 0.0147. The molecule has 0 saturated carbocycles. The topological polar surface area (TPSA) is 74.7 Å². The molecule has 1 aliphatic heterocycles. The predicted molar refractivity (Wildman–Crippen MR) is 63.7 cm³/mol. The Hall–Kier alpha value is -2.17. The number of amides is 2. The van der Waals surface area contributed by atoms with E-state index in [9.17, 15) is 14.4 Å². The molecule has 2 rings (SSSR count). The molecular weight excluding hydrogens is 234 g/mol. The molecule has 1 aromatic carbocycles. The summed E-state index contributed by atoms with van der Waals surface area (Å²) in [6.45, 7) is 3.68. The van der Waals surface area contributed by atoms with Crippen molar-refractivity contribution in [1.82, 2.24) is 4.90 Å². The molecule has 1 aromatic rings. The van der Waals surface area contributed by atoms with Gasteiger partial charge < -0.3 is 5.11 Å². The van der Waals surface area contributed by atoms with E-state index in [2.05, 4.69) is 0 Å². The van der Waals surface area contributed by atoms with Crippen LogP contribution in [0, 0.1) is 0 Å². The fourth-order valence-electron chi connectivity index (χ4n) is 1.98. The Morgan fingerprint density at radius 3 is 2.44 bits per heavy atom.